The van der Waals surface area contributed by atoms with Crippen LogP contribution in [0.5, 0.6) is 0 Å². The predicted octanol–water partition coefficient (Wildman–Crippen LogP) is 4.64. The Morgan fingerprint density at radius 2 is 2.10 bits per heavy atom. The highest BCUT2D eigenvalue weighted by Crippen LogP contribution is 2.25. The third-order valence-electron chi connectivity index (χ3n) is 2.97. The molecule has 0 spiro atoms. The largest absolute Gasteiger partial charge is 0.345 e. The molecule has 0 saturated heterocycles. The summed E-state index contributed by atoms with van der Waals surface area (Å²) in [4.78, 5) is 15.6. The smallest absolute Gasteiger partial charge is 0.244 e. The van der Waals surface area contributed by atoms with E-state index in [1.54, 1.807) is 28.7 Å². The number of hydrogen-bond acceptors (Lipinski definition) is 3. The molecule has 2 nitrogen and oxygen atoms in total. The van der Waals surface area contributed by atoms with Crippen molar-refractivity contribution in [1.29, 1.82) is 0 Å². The van der Waals surface area contributed by atoms with E-state index in [9.17, 15) is 4.79 Å². The first kappa shape index (κ1) is 15.0. The van der Waals surface area contributed by atoms with Crippen molar-refractivity contribution in [1.82, 2.24) is 5.32 Å². The van der Waals surface area contributed by atoms with E-state index in [0.29, 0.717) is 5.92 Å². The van der Waals surface area contributed by atoms with E-state index in [-0.39, 0.29) is 11.9 Å². The summed E-state index contributed by atoms with van der Waals surface area (Å²) in [6.45, 7) is 6.31. The molecular formula is C16H19NOS2. The molecule has 106 valence electrons. The van der Waals surface area contributed by atoms with Gasteiger partial charge < -0.3 is 5.32 Å². The van der Waals surface area contributed by atoms with Crippen molar-refractivity contribution < 1.29 is 4.79 Å². The second-order valence-electron chi connectivity index (χ2n) is 5.03. The van der Waals surface area contributed by atoms with Gasteiger partial charge in [0.15, 0.2) is 0 Å². The summed E-state index contributed by atoms with van der Waals surface area (Å²) < 4.78 is 0. The molecular weight excluding hydrogens is 286 g/mol. The van der Waals surface area contributed by atoms with Gasteiger partial charge in [0, 0.05) is 20.7 Å². The first-order valence-electron chi connectivity index (χ1n) is 6.64. The van der Waals surface area contributed by atoms with Gasteiger partial charge in [0.1, 0.15) is 0 Å². The molecule has 1 N–H and O–H groups in total. The third kappa shape index (κ3) is 4.05. The number of carbonyl (C=O) groups is 1. The lowest BCUT2D eigenvalue weighted by atomic mass is 10.0. The maximum atomic E-state index is 12.0. The second-order valence-corrected chi connectivity index (χ2v) is 7.33. The highest BCUT2D eigenvalue weighted by Gasteiger charge is 2.17. The van der Waals surface area contributed by atoms with Gasteiger partial charge in [0.2, 0.25) is 5.91 Å². The fourth-order valence-corrected chi connectivity index (χ4v) is 3.67. The van der Waals surface area contributed by atoms with E-state index in [1.165, 1.54) is 9.75 Å². The number of nitrogens with one attached hydrogen (secondary N) is 1. The maximum absolute atomic E-state index is 12.0. The summed E-state index contributed by atoms with van der Waals surface area (Å²) in [7, 11) is 0. The lowest BCUT2D eigenvalue weighted by Crippen LogP contribution is -2.29. The second kappa shape index (κ2) is 6.86. The lowest BCUT2D eigenvalue weighted by molar-refractivity contribution is -0.117. The Hall–Kier alpha value is -1.39. The van der Waals surface area contributed by atoms with Gasteiger partial charge >= 0.3 is 0 Å². The van der Waals surface area contributed by atoms with E-state index in [0.717, 1.165) is 4.88 Å². The van der Waals surface area contributed by atoms with Gasteiger partial charge in [-0.1, -0.05) is 19.9 Å². The maximum Gasteiger partial charge on any atom is 0.244 e. The van der Waals surface area contributed by atoms with Gasteiger partial charge in [-0.15, -0.1) is 22.7 Å². The predicted molar refractivity (Wildman–Crippen MR) is 88.1 cm³/mol. The molecule has 1 atom stereocenters. The summed E-state index contributed by atoms with van der Waals surface area (Å²) in [6.07, 6.45) is 3.49. The average molecular weight is 305 g/mol. The molecule has 2 rings (SSSR count). The van der Waals surface area contributed by atoms with Crippen molar-refractivity contribution in [3.05, 3.63) is 50.4 Å². The van der Waals surface area contributed by atoms with Crippen LogP contribution in [0.2, 0.25) is 0 Å². The van der Waals surface area contributed by atoms with Crippen LogP contribution in [0.1, 0.15) is 34.5 Å². The summed E-state index contributed by atoms with van der Waals surface area (Å²) in [5, 5.41) is 5.13. The Morgan fingerprint density at radius 3 is 2.65 bits per heavy atom. The molecule has 0 aliphatic heterocycles. The van der Waals surface area contributed by atoms with Crippen LogP contribution in [0.4, 0.5) is 0 Å². The minimum atomic E-state index is -0.0387. The first-order valence-corrected chi connectivity index (χ1v) is 8.34. The molecule has 0 aliphatic carbocycles. The van der Waals surface area contributed by atoms with Crippen molar-refractivity contribution >= 4 is 34.7 Å². The molecule has 0 saturated carbocycles. The Balaban J connectivity index is 2.00. The Bertz CT molecular complexity index is 581. The molecule has 0 radical (unpaired) electrons. The summed E-state index contributed by atoms with van der Waals surface area (Å²) in [6, 6.07) is 8.26. The lowest BCUT2D eigenvalue weighted by Gasteiger charge is -2.20. The van der Waals surface area contributed by atoms with Crippen LogP contribution in [0.25, 0.3) is 6.08 Å². The van der Waals surface area contributed by atoms with Gasteiger partial charge in [0.25, 0.3) is 0 Å². The minimum absolute atomic E-state index is 0.0387. The SMILES string of the molecule is Cc1ccc(/C=C/C(=O)N[C@H](c2cccs2)C(C)C)s1. The van der Waals surface area contributed by atoms with Crippen LogP contribution in [0, 0.1) is 12.8 Å². The van der Waals surface area contributed by atoms with Crippen molar-refractivity contribution in [3.63, 3.8) is 0 Å². The monoisotopic (exact) mass is 305 g/mol. The molecule has 4 heteroatoms. The Morgan fingerprint density at radius 1 is 1.30 bits per heavy atom. The van der Waals surface area contributed by atoms with Crippen molar-refractivity contribution in [2.45, 2.75) is 26.8 Å². The van der Waals surface area contributed by atoms with Crippen molar-refractivity contribution in [3.8, 4) is 0 Å². The summed E-state index contributed by atoms with van der Waals surface area (Å²) in [5.41, 5.74) is 0. The zero-order valence-electron chi connectivity index (χ0n) is 11.9. The van der Waals surface area contributed by atoms with Crippen LogP contribution >= 0.6 is 22.7 Å². The van der Waals surface area contributed by atoms with Crippen LogP contribution in [0.15, 0.2) is 35.7 Å². The van der Waals surface area contributed by atoms with Gasteiger partial charge in [-0.3, -0.25) is 4.79 Å². The van der Waals surface area contributed by atoms with Crippen LogP contribution < -0.4 is 5.32 Å². The zero-order chi connectivity index (χ0) is 14.5. The van der Waals surface area contributed by atoms with E-state index >= 15 is 0 Å². The van der Waals surface area contributed by atoms with E-state index < -0.39 is 0 Å². The Labute approximate surface area is 128 Å². The van der Waals surface area contributed by atoms with Gasteiger partial charge in [-0.05, 0) is 42.5 Å². The number of amides is 1. The molecule has 0 bridgehead atoms. The minimum Gasteiger partial charge on any atom is -0.345 e. The molecule has 2 aromatic heterocycles. The molecule has 0 fully saturated rings. The molecule has 0 unspecified atom stereocenters. The number of rotatable bonds is 5. The van der Waals surface area contributed by atoms with E-state index in [4.69, 9.17) is 0 Å². The van der Waals surface area contributed by atoms with Gasteiger partial charge in [0.05, 0.1) is 6.04 Å². The summed E-state index contributed by atoms with van der Waals surface area (Å²) >= 11 is 3.37. The topological polar surface area (TPSA) is 29.1 Å². The van der Waals surface area contributed by atoms with E-state index in [2.05, 4.69) is 38.2 Å². The van der Waals surface area contributed by atoms with Crippen molar-refractivity contribution in [2.75, 3.05) is 0 Å². The van der Waals surface area contributed by atoms with Gasteiger partial charge in [-0.2, -0.15) is 0 Å². The third-order valence-corrected chi connectivity index (χ3v) is 4.90. The molecule has 20 heavy (non-hydrogen) atoms. The van der Waals surface area contributed by atoms with Crippen LogP contribution in [0.3, 0.4) is 0 Å². The molecule has 0 aromatic carbocycles. The fraction of sp³-hybridized carbons (Fsp3) is 0.312. The normalized spacial score (nSPS) is 13.0. The standard InChI is InChI=1S/C16H19NOS2/c1-11(2)16(14-5-4-10-19-14)17-15(18)9-8-13-7-6-12(3)20-13/h4-11,16H,1-3H3,(H,17,18)/b9-8+/t16-/m0/s1. The number of carbonyl (C=O) groups excluding carboxylic acids is 1. The molecule has 1 amide bonds. The zero-order valence-corrected chi connectivity index (χ0v) is 13.6. The summed E-state index contributed by atoms with van der Waals surface area (Å²) in [5.74, 6) is 0.332. The van der Waals surface area contributed by atoms with Gasteiger partial charge in [-0.25, -0.2) is 0 Å². The number of hydrogen-bond donors (Lipinski definition) is 1. The average Bonchev–Trinajstić information content (AvgIpc) is 3.04. The highest BCUT2D eigenvalue weighted by atomic mass is 32.1. The Kier molecular flexibility index (Phi) is 5.15. The first-order chi connectivity index (χ1) is 9.56. The van der Waals surface area contributed by atoms with Crippen molar-refractivity contribution in [2.24, 2.45) is 5.92 Å². The number of thiophene rings is 2. The van der Waals surface area contributed by atoms with Crippen LogP contribution in [-0.2, 0) is 4.79 Å². The molecule has 2 aromatic rings. The quantitative estimate of drug-likeness (QED) is 0.801. The highest BCUT2D eigenvalue weighted by molar-refractivity contribution is 7.12. The van der Waals surface area contributed by atoms with Crippen LogP contribution in [-0.4, -0.2) is 5.91 Å². The molecule has 2 heterocycles. The number of aryl methyl sites for hydroxylation is 1. The molecule has 0 aliphatic rings. The van der Waals surface area contributed by atoms with E-state index in [1.807, 2.05) is 23.6 Å². The fourth-order valence-electron chi connectivity index (χ4n) is 1.94.